The molecule has 0 aliphatic carbocycles. The van der Waals surface area contributed by atoms with E-state index in [9.17, 15) is 4.79 Å². The van der Waals surface area contributed by atoms with E-state index in [2.05, 4.69) is 61.9 Å². The van der Waals surface area contributed by atoms with Crippen LogP contribution in [0.4, 0.5) is 4.79 Å². The molecule has 1 amide bonds. The molecule has 1 atom stereocenters. The van der Waals surface area contributed by atoms with Crippen LogP contribution in [0.25, 0.3) is 0 Å². The van der Waals surface area contributed by atoms with Crippen LogP contribution in [-0.4, -0.2) is 37.7 Å². The van der Waals surface area contributed by atoms with E-state index in [1.165, 1.54) is 16.2 Å². The van der Waals surface area contributed by atoms with Gasteiger partial charge in [-0.25, -0.2) is 4.79 Å². The van der Waals surface area contributed by atoms with Crippen molar-refractivity contribution in [2.75, 3.05) is 20.7 Å². The van der Waals surface area contributed by atoms with E-state index in [-0.39, 0.29) is 6.04 Å². The highest BCUT2D eigenvalue weighted by Crippen LogP contribution is 2.24. The van der Waals surface area contributed by atoms with Crippen LogP contribution in [0.15, 0.2) is 29.3 Å². The summed E-state index contributed by atoms with van der Waals surface area (Å²) in [5.74, 6) is 0.547. The highest BCUT2D eigenvalue weighted by molar-refractivity contribution is 14.1. The highest BCUT2D eigenvalue weighted by atomic mass is 127. The fourth-order valence-corrected chi connectivity index (χ4v) is 2.20. The number of hydrogen-bond donors (Lipinski definition) is 1. The first-order valence-corrected chi connectivity index (χ1v) is 6.57. The molecule has 1 aliphatic rings. The number of alkyl carbamates (subject to hydrolysis) is 1. The van der Waals surface area contributed by atoms with Crippen LogP contribution in [0.3, 0.4) is 0 Å². The number of halogens is 1. The number of rotatable bonds is 1. The number of nitrogens with one attached hydrogen (secondary N) is 1. The van der Waals surface area contributed by atoms with Gasteiger partial charge in [-0.2, -0.15) is 0 Å². The monoisotopic (exact) mass is 359 g/mol. The first kappa shape index (κ1) is 13.1. The zero-order valence-electron chi connectivity index (χ0n) is 10.2. The van der Waals surface area contributed by atoms with Gasteiger partial charge in [-0.05, 0) is 40.3 Å². The Morgan fingerprint density at radius 2 is 2.17 bits per heavy atom. The molecular weight excluding hydrogens is 345 g/mol. The third kappa shape index (κ3) is 2.74. The fourth-order valence-electron chi connectivity index (χ4n) is 1.84. The van der Waals surface area contributed by atoms with Gasteiger partial charge in [0.15, 0.2) is 0 Å². The summed E-state index contributed by atoms with van der Waals surface area (Å²) in [7, 11) is 3.24. The van der Waals surface area contributed by atoms with Gasteiger partial charge in [0.2, 0.25) is 5.96 Å². The van der Waals surface area contributed by atoms with Crippen LogP contribution >= 0.6 is 22.6 Å². The molecule has 0 fully saturated rings. The average Bonchev–Trinajstić information content (AvgIpc) is 2.72. The minimum Gasteiger partial charge on any atom is -0.453 e. The minimum absolute atomic E-state index is 0.161. The molecule has 2 rings (SSSR count). The molecule has 0 bridgehead atoms. The number of nitrogens with zero attached hydrogens (tertiary/aromatic N) is 2. The number of aliphatic imine (C=N–C) groups is 1. The molecule has 0 saturated carbocycles. The maximum atomic E-state index is 11.2. The van der Waals surface area contributed by atoms with Gasteiger partial charge >= 0.3 is 6.09 Å². The Morgan fingerprint density at radius 3 is 2.78 bits per heavy atom. The van der Waals surface area contributed by atoms with Crippen molar-refractivity contribution >= 4 is 34.6 Å². The summed E-state index contributed by atoms with van der Waals surface area (Å²) >= 11 is 2.27. The lowest BCUT2D eigenvalue weighted by atomic mass is 10.1. The van der Waals surface area contributed by atoms with Crippen LogP contribution in [0.5, 0.6) is 0 Å². The largest absolute Gasteiger partial charge is 0.453 e. The number of hydrogen-bond acceptors (Lipinski definition) is 4. The highest BCUT2D eigenvalue weighted by Gasteiger charge is 2.26. The third-order valence-electron chi connectivity index (χ3n) is 2.87. The number of carbonyl (C=O) groups excluding carboxylic acids is 1. The van der Waals surface area contributed by atoms with Gasteiger partial charge in [0.05, 0.1) is 19.7 Å². The summed E-state index contributed by atoms with van der Waals surface area (Å²) in [6, 6.07) is 8.46. The molecule has 18 heavy (non-hydrogen) atoms. The van der Waals surface area contributed by atoms with E-state index in [4.69, 9.17) is 0 Å². The summed E-state index contributed by atoms with van der Waals surface area (Å²) in [5, 5.41) is 2.60. The molecule has 0 spiro atoms. The van der Waals surface area contributed by atoms with E-state index in [1.54, 1.807) is 0 Å². The molecule has 1 unspecified atom stereocenters. The molecular formula is C12H14IN3O2. The van der Waals surface area contributed by atoms with E-state index in [1.807, 2.05) is 11.9 Å². The van der Waals surface area contributed by atoms with Gasteiger partial charge in [-0.3, -0.25) is 10.3 Å². The lowest BCUT2D eigenvalue weighted by Gasteiger charge is -2.23. The van der Waals surface area contributed by atoms with Crippen molar-refractivity contribution in [3.8, 4) is 0 Å². The smallest absolute Gasteiger partial charge is 0.413 e. The maximum absolute atomic E-state index is 11.2. The standard InChI is InChI=1S/C12H14IN3O2/c1-16-10(8-3-5-9(13)6-4-8)7-14-11(16)15-12(17)18-2/h3-6,10H,7H2,1-2H3,(H,14,15,17). The molecule has 5 nitrogen and oxygen atoms in total. The second-order valence-electron chi connectivity index (χ2n) is 3.96. The van der Waals surface area contributed by atoms with Crippen molar-refractivity contribution in [1.82, 2.24) is 10.2 Å². The second-order valence-corrected chi connectivity index (χ2v) is 5.20. The Hall–Kier alpha value is -1.31. The lowest BCUT2D eigenvalue weighted by Crippen LogP contribution is -2.40. The Balaban J connectivity index is 2.07. The van der Waals surface area contributed by atoms with Gasteiger partial charge in [0, 0.05) is 10.6 Å². The van der Waals surface area contributed by atoms with Crippen molar-refractivity contribution in [1.29, 1.82) is 0 Å². The topological polar surface area (TPSA) is 53.9 Å². The van der Waals surface area contributed by atoms with Gasteiger partial charge in [0.25, 0.3) is 0 Å². The zero-order valence-corrected chi connectivity index (χ0v) is 12.3. The fraction of sp³-hybridized carbons (Fsp3) is 0.333. The normalized spacial score (nSPS) is 18.5. The van der Waals surface area contributed by atoms with Crippen LogP contribution < -0.4 is 5.32 Å². The van der Waals surface area contributed by atoms with E-state index < -0.39 is 6.09 Å². The Labute approximate surface area is 119 Å². The van der Waals surface area contributed by atoms with Gasteiger partial charge in [-0.1, -0.05) is 12.1 Å². The average molecular weight is 359 g/mol. The quantitative estimate of drug-likeness (QED) is 0.781. The van der Waals surface area contributed by atoms with Gasteiger partial charge < -0.3 is 9.64 Å². The van der Waals surface area contributed by atoms with Crippen LogP contribution in [-0.2, 0) is 4.74 Å². The molecule has 1 aromatic rings. The predicted octanol–water partition coefficient (Wildman–Crippen LogP) is 1.99. The molecule has 6 heteroatoms. The van der Waals surface area contributed by atoms with E-state index in [0.717, 1.165) is 0 Å². The molecule has 0 saturated heterocycles. The summed E-state index contributed by atoms with van der Waals surface area (Å²) in [4.78, 5) is 17.4. The third-order valence-corrected chi connectivity index (χ3v) is 3.59. The van der Waals surface area contributed by atoms with E-state index in [0.29, 0.717) is 12.5 Å². The summed E-state index contributed by atoms with van der Waals surface area (Å²) < 4.78 is 5.76. The number of benzene rings is 1. The lowest BCUT2D eigenvalue weighted by molar-refractivity contribution is 0.175. The molecule has 0 radical (unpaired) electrons. The second kappa shape index (κ2) is 5.55. The van der Waals surface area contributed by atoms with Crippen LogP contribution in [0.1, 0.15) is 11.6 Å². The number of likely N-dealkylation sites (N-methyl/N-ethyl adjacent to an activating group) is 1. The van der Waals surface area contributed by atoms with E-state index >= 15 is 0 Å². The Kier molecular flexibility index (Phi) is 4.05. The Bertz CT molecular complexity index is 473. The number of amides is 1. The Morgan fingerprint density at radius 1 is 1.50 bits per heavy atom. The van der Waals surface area contributed by atoms with Crippen LogP contribution in [0, 0.1) is 3.57 Å². The SMILES string of the molecule is COC(=O)NC1=NCC(c2ccc(I)cc2)N1C. The van der Waals surface area contributed by atoms with Gasteiger partial charge in [0.1, 0.15) is 0 Å². The number of guanidine groups is 1. The zero-order chi connectivity index (χ0) is 13.1. The first-order valence-electron chi connectivity index (χ1n) is 5.49. The van der Waals surface area contributed by atoms with Crippen molar-refractivity contribution in [3.63, 3.8) is 0 Å². The number of carbonyl (C=O) groups is 1. The first-order chi connectivity index (χ1) is 8.61. The summed E-state index contributed by atoms with van der Waals surface area (Å²) in [6.07, 6.45) is -0.496. The summed E-state index contributed by atoms with van der Waals surface area (Å²) in [6.45, 7) is 0.635. The molecule has 96 valence electrons. The number of ether oxygens (including phenoxy) is 1. The molecule has 1 aromatic carbocycles. The number of methoxy groups -OCH3 is 1. The van der Waals surface area contributed by atoms with Gasteiger partial charge in [-0.15, -0.1) is 0 Å². The molecule has 1 N–H and O–H groups in total. The van der Waals surface area contributed by atoms with Crippen molar-refractivity contribution in [2.24, 2.45) is 4.99 Å². The molecule has 1 heterocycles. The van der Waals surface area contributed by atoms with Crippen LogP contribution in [0.2, 0.25) is 0 Å². The minimum atomic E-state index is -0.496. The van der Waals surface area contributed by atoms with Crippen molar-refractivity contribution in [3.05, 3.63) is 33.4 Å². The van der Waals surface area contributed by atoms with Crippen molar-refractivity contribution in [2.45, 2.75) is 6.04 Å². The van der Waals surface area contributed by atoms with Crippen molar-refractivity contribution < 1.29 is 9.53 Å². The predicted molar refractivity (Wildman–Crippen MR) is 77.5 cm³/mol. The summed E-state index contributed by atoms with van der Waals surface area (Å²) in [5.41, 5.74) is 1.18. The molecule has 1 aliphatic heterocycles. The maximum Gasteiger partial charge on any atom is 0.413 e. The molecule has 0 aromatic heterocycles.